The third-order valence-corrected chi connectivity index (χ3v) is 3.55. The summed E-state index contributed by atoms with van der Waals surface area (Å²) in [7, 11) is 1.67. The van der Waals surface area contributed by atoms with Gasteiger partial charge in [-0.25, -0.2) is 4.98 Å². The SMILES string of the molecule is COCC(C)NC(N)=NCC(C)c1ncc(C)s1.I. The average molecular weight is 398 g/mol. The molecule has 0 aliphatic rings. The molecule has 0 radical (unpaired) electrons. The number of nitrogens with two attached hydrogens (primary N) is 1. The molecule has 0 fully saturated rings. The molecular weight excluding hydrogens is 375 g/mol. The van der Waals surface area contributed by atoms with E-state index >= 15 is 0 Å². The van der Waals surface area contributed by atoms with Gasteiger partial charge in [-0.1, -0.05) is 6.92 Å². The molecule has 1 aromatic heterocycles. The predicted octanol–water partition coefficient (Wildman–Crippen LogP) is 2.11. The van der Waals surface area contributed by atoms with Gasteiger partial charge in [0.15, 0.2) is 5.96 Å². The van der Waals surface area contributed by atoms with Gasteiger partial charge in [-0.2, -0.15) is 0 Å². The second kappa shape index (κ2) is 9.49. The number of hydrogen-bond donors (Lipinski definition) is 2. The van der Waals surface area contributed by atoms with Gasteiger partial charge in [-0.05, 0) is 13.8 Å². The summed E-state index contributed by atoms with van der Waals surface area (Å²) in [6.07, 6.45) is 1.89. The molecule has 19 heavy (non-hydrogen) atoms. The first-order chi connectivity index (χ1) is 8.52. The van der Waals surface area contributed by atoms with E-state index in [4.69, 9.17) is 10.5 Å². The summed E-state index contributed by atoms with van der Waals surface area (Å²) >= 11 is 1.71. The van der Waals surface area contributed by atoms with Crippen LogP contribution in [0.3, 0.4) is 0 Å². The smallest absolute Gasteiger partial charge is 0.188 e. The third-order valence-electron chi connectivity index (χ3n) is 2.41. The fourth-order valence-electron chi connectivity index (χ4n) is 1.50. The molecular formula is C12H23IN4OS. The number of rotatable bonds is 6. The number of methoxy groups -OCH3 is 1. The highest BCUT2D eigenvalue weighted by atomic mass is 127. The number of hydrogen-bond acceptors (Lipinski definition) is 4. The van der Waals surface area contributed by atoms with Crippen LogP contribution >= 0.6 is 35.3 Å². The topological polar surface area (TPSA) is 72.5 Å². The number of nitrogens with zero attached hydrogens (tertiary/aromatic N) is 2. The summed E-state index contributed by atoms with van der Waals surface area (Å²) in [5, 5.41) is 4.18. The van der Waals surface area contributed by atoms with Gasteiger partial charge in [-0.3, -0.25) is 4.99 Å². The standard InChI is InChI=1S/C12H22N4OS.HI/c1-8(11-14-6-10(3)18-11)5-15-12(13)16-9(2)7-17-4;/h6,8-9H,5,7H2,1-4H3,(H3,13,15,16);1H. The van der Waals surface area contributed by atoms with Gasteiger partial charge < -0.3 is 15.8 Å². The lowest BCUT2D eigenvalue weighted by Crippen LogP contribution is -2.40. The first-order valence-electron chi connectivity index (χ1n) is 6.00. The van der Waals surface area contributed by atoms with E-state index in [-0.39, 0.29) is 30.0 Å². The van der Waals surface area contributed by atoms with E-state index in [0.29, 0.717) is 25.0 Å². The lowest BCUT2D eigenvalue weighted by molar-refractivity contribution is 0.179. The quantitative estimate of drug-likeness (QED) is 0.438. The summed E-state index contributed by atoms with van der Waals surface area (Å²) in [4.78, 5) is 9.90. The minimum absolute atomic E-state index is 0. The lowest BCUT2D eigenvalue weighted by Gasteiger charge is -2.13. The van der Waals surface area contributed by atoms with Crippen molar-refractivity contribution in [2.45, 2.75) is 32.7 Å². The Morgan fingerprint density at radius 3 is 2.79 bits per heavy atom. The number of aliphatic imine (C=N–C) groups is 1. The molecule has 2 atom stereocenters. The fraction of sp³-hybridized carbons (Fsp3) is 0.667. The van der Waals surface area contributed by atoms with Gasteiger partial charge in [0.1, 0.15) is 0 Å². The van der Waals surface area contributed by atoms with E-state index in [2.05, 4.69) is 29.1 Å². The Balaban J connectivity index is 0.00000324. The Morgan fingerprint density at radius 2 is 2.26 bits per heavy atom. The van der Waals surface area contributed by atoms with Crippen molar-refractivity contribution in [3.8, 4) is 0 Å². The molecule has 1 rings (SSSR count). The van der Waals surface area contributed by atoms with Crippen LogP contribution in [-0.4, -0.2) is 37.2 Å². The largest absolute Gasteiger partial charge is 0.383 e. The average Bonchev–Trinajstić information content (AvgIpc) is 2.73. The molecule has 1 aromatic rings. The Morgan fingerprint density at radius 1 is 1.58 bits per heavy atom. The Bertz CT molecular complexity index is 397. The maximum Gasteiger partial charge on any atom is 0.188 e. The molecule has 0 aliphatic heterocycles. The van der Waals surface area contributed by atoms with E-state index in [9.17, 15) is 0 Å². The van der Waals surface area contributed by atoms with Gasteiger partial charge in [0.05, 0.1) is 18.2 Å². The van der Waals surface area contributed by atoms with E-state index in [0.717, 1.165) is 5.01 Å². The van der Waals surface area contributed by atoms with Crippen LogP contribution in [0.1, 0.15) is 29.7 Å². The second-order valence-electron chi connectivity index (χ2n) is 4.44. The molecule has 110 valence electrons. The first-order valence-corrected chi connectivity index (χ1v) is 6.82. The van der Waals surface area contributed by atoms with E-state index < -0.39 is 0 Å². The van der Waals surface area contributed by atoms with Crippen molar-refractivity contribution in [2.75, 3.05) is 20.3 Å². The van der Waals surface area contributed by atoms with E-state index in [1.165, 1.54) is 4.88 Å². The van der Waals surface area contributed by atoms with Crippen molar-refractivity contribution in [2.24, 2.45) is 10.7 Å². The minimum Gasteiger partial charge on any atom is -0.383 e. The van der Waals surface area contributed by atoms with Crippen molar-refractivity contribution in [1.29, 1.82) is 0 Å². The molecule has 2 unspecified atom stereocenters. The normalized spacial score (nSPS) is 14.6. The third kappa shape index (κ3) is 7.07. The zero-order chi connectivity index (χ0) is 13.5. The number of thiazole rings is 1. The molecule has 0 bridgehead atoms. The highest BCUT2D eigenvalue weighted by molar-refractivity contribution is 14.0. The van der Waals surface area contributed by atoms with Crippen LogP contribution in [-0.2, 0) is 4.74 Å². The Hall–Kier alpha value is -0.410. The molecule has 0 aromatic carbocycles. The van der Waals surface area contributed by atoms with Crippen molar-refractivity contribution >= 4 is 41.3 Å². The summed E-state index contributed by atoms with van der Waals surface area (Å²) in [6, 6.07) is 0.163. The van der Waals surface area contributed by atoms with Gasteiger partial charge in [0, 0.05) is 30.1 Å². The Kier molecular flexibility index (Phi) is 9.28. The molecule has 0 saturated heterocycles. The molecule has 1 heterocycles. The zero-order valence-electron chi connectivity index (χ0n) is 11.8. The highest BCUT2D eigenvalue weighted by Crippen LogP contribution is 2.20. The van der Waals surface area contributed by atoms with Gasteiger partial charge in [-0.15, -0.1) is 35.3 Å². The first kappa shape index (κ1) is 18.6. The molecule has 0 amide bonds. The molecule has 7 heteroatoms. The van der Waals surface area contributed by atoms with Gasteiger partial charge in [0.2, 0.25) is 0 Å². The number of ether oxygens (including phenoxy) is 1. The highest BCUT2D eigenvalue weighted by Gasteiger charge is 2.09. The summed E-state index contributed by atoms with van der Waals surface area (Å²) in [6.45, 7) is 7.41. The monoisotopic (exact) mass is 398 g/mol. The van der Waals surface area contributed by atoms with Crippen LogP contribution in [0.15, 0.2) is 11.2 Å². The number of aromatic nitrogens is 1. The van der Waals surface area contributed by atoms with Crippen LogP contribution < -0.4 is 11.1 Å². The predicted molar refractivity (Wildman–Crippen MR) is 91.6 cm³/mol. The second-order valence-corrected chi connectivity index (χ2v) is 5.70. The van der Waals surface area contributed by atoms with E-state index in [1.807, 2.05) is 13.1 Å². The Labute approximate surface area is 136 Å². The van der Waals surface area contributed by atoms with Crippen LogP contribution in [0.2, 0.25) is 0 Å². The fourth-order valence-corrected chi connectivity index (χ4v) is 2.32. The molecule has 5 nitrogen and oxygen atoms in total. The van der Waals surface area contributed by atoms with Crippen LogP contribution in [0, 0.1) is 6.92 Å². The minimum atomic E-state index is 0. The van der Waals surface area contributed by atoms with Gasteiger partial charge in [0.25, 0.3) is 0 Å². The molecule has 0 aliphatic carbocycles. The van der Waals surface area contributed by atoms with Crippen molar-refractivity contribution < 1.29 is 4.74 Å². The van der Waals surface area contributed by atoms with E-state index in [1.54, 1.807) is 18.4 Å². The van der Waals surface area contributed by atoms with Crippen LogP contribution in [0.4, 0.5) is 0 Å². The van der Waals surface area contributed by atoms with Crippen molar-refractivity contribution in [1.82, 2.24) is 10.3 Å². The zero-order valence-corrected chi connectivity index (χ0v) is 15.0. The number of halogens is 1. The molecule has 0 spiro atoms. The van der Waals surface area contributed by atoms with Crippen LogP contribution in [0.25, 0.3) is 0 Å². The van der Waals surface area contributed by atoms with Crippen LogP contribution in [0.5, 0.6) is 0 Å². The number of guanidine groups is 1. The maximum atomic E-state index is 5.80. The van der Waals surface area contributed by atoms with Gasteiger partial charge >= 0.3 is 0 Å². The maximum absolute atomic E-state index is 5.80. The molecule has 0 saturated carbocycles. The summed E-state index contributed by atoms with van der Waals surface area (Å²) < 4.78 is 5.02. The van der Waals surface area contributed by atoms with Crippen molar-refractivity contribution in [3.05, 3.63) is 16.1 Å². The lowest BCUT2D eigenvalue weighted by atomic mass is 10.2. The number of aryl methyl sites for hydroxylation is 1. The summed E-state index contributed by atoms with van der Waals surface area (Å²) in [5.74, 6) is 0.751. The summed E-state index contributed by atoms with van der Waals surface area (Å²) in [5.41, 5.74) is 5.80. The molecule has 3 N–H and O–H groups in total. The number of nitrogens with one attached hydrogen (secondary N) is 1. The van der Waals surface area contributed by atoms with Crippen molar-refractivity contribution in [3.63, 3.8) is 0 Å².